The maximum absolute atomic E-state index is 8.82. The highest BCUT2D eigenvalue weighted by atomic mass is 16.5. The van der Waals surface area contributed by atoms with E-state index in [1.807, 2.05) is 19.1 Å². The molecule has 1 aliphatic heterocycles. The summed E-state index contributed by atoms with van der Waals surface area (Å²) in [4.78, 5) is 6.53. The fourth-order valence-corrected chi connectivity index (χ4v) is 2.15. The number of rotatable bonds is 3. The summed E-state index contributed by atoms with van der Waals surface area (Å²) in [5, 5.41) is 8.82. The van der Waals surface area contributed by atoms with Gasteiger partial charge in [-0.2, -0.15) is 5.26 Å². The second-order valence-electron chi connectivity index (χ2n) is 4.13. The molecule has 0 spiro atoms. The highest BCUT2D eigenvalue weighted by Gasteiger charge is 2.20. The largest absolute Gasteiger partial charge is 0.378 e. The van der Waals surface area contributed by atoms with E-state index >= 15 is 0 Å². The topological polar surface area (TPSA) is 49.1 Å². The normalized spacial score (nSPS) is 16.8. The summed E-state index contributed by atoms with van der Waals surface area (Å²) in [5.41, 5.74) is 0.481. The van der Waals surface area contributed by atoms with Crippen molar-refractivity contribution in [2.45, 2.75) is 25.9 Å². The molecule has 1 aromatic rings. The number of nitrogens with zero attached hydrogens (tertiary/aromatic N) is 3. The van der Waals surface area contributed by atoms with E-state index in [1.165, 1.54) is 0 Å². The Morgan fingerprint density at radius 2 is 2.24 bits per heavy atom. The number of hydrogen-bond acceptors (Lipinski definition) is 4. The number of nitriles is 1. The second kappa shape index (κ2) is 5.65. The maximum atomic E-state index is 8.82. The van der Waals surface area contributed by atoms with Gasteiger partial charge in [0.05, 0.1) is 6.10 Å². The van der Waals surface area contributed by atoms with Crippen LogP contribution in [0.25, 0.3) is 0 Å². The van der Waals surface area contributed by atoms with Crippen molar-refractivity contribution in [2.75, 3.05) is 24.6 Å². The minimum Gasteiger partial charge on any atom is -0.378 e. The Bertz CT molecular complexity index is 405. The van der Waals surface area contributed by atoms with Gasteiger partial charge in [-0.3, -0.25) is 0 Å². The molecule has 0 saturated carbocycles. The predicted molar refractivity (Wildman–Crippen MR) is 65.8 cm³/mol. The molecule has 90 valence electrons. The van der Waals surface area contributed by atoms with Crippen LogP contribution in [-0.2, 0) is 4.74 Å². The average molecular weight is 231 g/mol. The van der Waals surface area contributed by atoms with Gasteiger partial charge >= 0.3 is 0 Å². The molecule has 1 saturated heterocycles. The summed E-state index contributed by atoms with van der Waals surface area (Å²) in [5.74, 6) is 0.902. The van der Waals surface area contributed by atoms with Gasteiger partial charge in [0.2, 0.25) is 0 Å². The number of aromatic nitrogens is 1. The van der Waals surface area contributed by atoms with Crippen molar-refractivity contribution in [3.8, 4) is 6.07 Å². The minimum atomic E-state index is 0.385. The van der Waals surface area contributed by atoms with Gasteiger partial charge in [0.25, 0.3) is 0 Å². The third kappa shape index (κ3) is 2.95. The van der Waals surface area contributed by atoms with E-state index in [-0.39, 0.29) is 0 Å². The fourth-order valence-electron chi connectivity index (χ4n) is 2.15. The Balaban J connectivity index is 1.98. The maximum Gasteiger partial charge on any atom is 0.142 e. The molecule has 0 aromatic carbocycles. The molecule has 4 nitrogen and oxygen atoms in total. The third-order valence-corrected chi connectivity index (χ3v) is 3.02. The second-order valence-corrected chi connectivity index (χ2v) is 4.13. The van der Waals surface area contributed by atoms with E-state index in [4.69, 9.17) is 10.00 Å². The molecule has 17 heavy (non-hydrogen) atoms. The van der Waals surface area contributed by atoms with Gasteiger partial charge in [-0.15, -0.1) is 0 Å². The molecule has 2 heterocycles. The molecule has 1 aromatic heterocycles. The van der Waals surface area contributed by atoms with Crippen LogP contribution in [0.3, 0.4) is 0 Å². The summed E-state index contributed by atoms with van der Waals surface area (Å²) in [6, 6.07) is 7.65. The summed E-state index contributed by atoms with van der Waals surface area (Å²) in [6.45, 7) is 4.72. The molecule has 0 atom stereocenters. The number of ether oxygens (including phenoxy) is 1. The molecule has 1 fully saturated rings. The Hall–Kier alpha value is -1.60. The van der Waals surface area contributed by atoms with Crippen molar-refractivity contribution in [2.24, 2.45) is 0 Å². The first-order chi connectivity index (χ1) is 8.33. The van der Waals surface area contributed by atoms with Gasteiger partial charge in [0, 0.05) is 19.7 Å². The zero-order chi connectivity index (χ0) is 12.1. The van der Waals surface area contributed by atoms with Gasteiger partial charge in [-0.25, -0.2) is 4.98 Å². The lowest BCUT2D eigenvalue weighted by molar-refractivity contribution is 0.0458. The van der Waals surface area contributed by atoms with Gasteiger partial charge in [-0.05, 0) is 31.9 Å². The minimum absolute atomic E-state index is 0.385. The smallest absolute Gasteiger partial charge is 0.142 e. The first kappa shape index (κ1) is 11.9. The lowest BCUT2D eigenvalue weighted by Crippen LogP contribution is -2.37. The molecule has 1 aliphatic rings. The van der Waals surface area contributed by atoms with Crippen LogP contribution in [0.2, 0.25) is 0 Å². The molecule has 0 aliphatic carbocycles. The zero-order valence-electron chi connectivity index (χ0n) is 10.1. The Kier molecular flexibility index (Phi) is 3.94. The summed E-state index contributed by atoms with van der Waals surface area (Å²) < 4.78 is 5.61. The number of piperidine rings is 1. The predicted octanol–water partition coefficient (Wildman–Crippen LogP) is 1.96. The van der Waals surface area contributed by atoms with E-state index in [2.05, 4.69) is 16.0 Å². The van der Waals surface area contributed by atoms with Crippen LogP contribution in [0, 0.1) is 11.3 Å². The summed E-state index contributed by atoms with van der Waals surface area (Å²) in [7, 11) is 0. The molecular weight excluding hydrogens is 214 g/mol. The van der Waals surface area contributed by atoms with Gasteiger partial charge in [-0.1, -0.05) is 6.07 Å². The van der Waals surface area contributed by atoms with Crippen molar-refractivity contribution in [1.82, 2.24) is 4.98 Å². The third-order valence-electron chi connectivity index (χ3n) is 3.02. The van der Waals surface area contributed by atoms with Crippen LogP contribution in [0.5, 0.6) is 0 Å². The van der Waals surface area contributed by atoms with E-state index < -0.39 is 0 Å². The average Bonchev–Trinajstić information content (AvgIpc) is 2.40. The quantitative estimate of drug-likeness (QED) is 0.798. The van der Waals surface area contributed by atoms with Crippen molar-refractivity contribution in [3.63, 3.8) is 0 Å². The molecule has 0 unspecified atom stereocenters. The molecule has 0 bridgehead atoms. The monoisotopic (exact) mass is 231 g/mol. The molecule has 4 heteroatoms. The first-order valence-corrected chi connectivity index (χ1v) is 6.07. The van der Waals surface area contributed by atoms with Crippen LogP contribution in [0.15, 0.2) is 18.2 Å². The Morgan fingerprint density at radius 3 is 2.88 bits per heavy atom. The number of hydrogen-bond donors (Lipinski definition) is 0. The summed E-state index contributed by atoms with van der Waals surface area (Å²) >= 11 is 0. The van der Waals surface area contributed by atoms with E-state index in [0.717, 1.165) is 38.4 Å². The lowest BCUT2D eigenvalue weighted by Gasteiger charge is -2.32. The van der Waals surface area contributed by atoms with Crippen molar-refractivity contribution < 1.29 is 4.74 Å². The molecular formula is C13H17N3O. The van der Waals surface area contributed by atoms with Crippen LogP contribution in [-0.4, -0.2) is 30.8 Å². The van der Waals surface area contributed by atoms with Crippen LogP contribution < -0.4 is 4.90 Å². The molecule has 0 N–H and O–H groups in total. The number of anilines is 1. The van der Waals surface area contributed by atoms with Crippen LogP contribution in [0.1, 0.15) is 25.5 Å². The van der Waals surface area contributed by atoms with E-state index in [1.54, 1.807) is 6.07 Å². The molecule has 0 radical (unpaired) electrons. The number of pyridine rings is 1. The van der Waals surface area contributed by atoms with Crippen molar-refractivity contribution in [3.05, 3.63) is 23.9 Å². The Morgan fingerprint density at radius 1 is 1.47 bits per heavy atom. The first-order valence-electron chi connectivity index (χ1n) is 6.07. The van der Waals surface area contributed by atoms with Crippen molar-refractivity contribution >= 4 is 5.82 Å². The summed E-state index contributed by atoms with van der Waals surface area (Å²) in [6.07, 6.45) is 2.45. The van der Waals surface area contributed by atoms with Gasteiger partial charge in [0.1, 0.15) is 17.6 Å². The van der Waals surface area contributed by atoms with Crippen LogP contribution >= 0.6 is 0 Å². The van der Waals surface area contributed by atoms with Crippen molar-refractivity contribution in [1.29, 1.82) is 5.26 Å². The SMILES string of the molecule is CCOC1CCN(c2cccc(C#N)n2)CC1. The molecule has 0 amide bonds. The van der Waals surface area contributed by atoms with Gasteiger partial charge < -0.3 is 9.64 Å². The van der Waals surface area contributed by atoms with Gasteiger partial charge in [0.15, 0.2) is 0 Å². The zero-order valence-corrected chi connectivity index (χ0v) is 10.1. The van der Waals surface area contributed by atoms with Crippen LogP contribution in [0.4, 0.5) is 5.82 Å². The standard InChI is InChI=1S/C13H17N3O/c1-2-17-12-6-8-16(9-7-12)13-5-3-4-11(10-14)15-13/h3-5,12H,2,6-9H2,1H3. The fraction of sp³-hybridized carbons (Fsp3) is 0.538. The highest BCUT2D eigenvalue weighted by molar-refractivity contribution is 5.41. The Labute approximate surface area is 102 Å². The van der Waals surface area contributed by atoms with E-state index in [9.17, 15) is 0 Å². The lowest BCUT2D eigenvalue weighted by atomic mass is 10.1. The highest BCUT2D eigenvalue weighted by Crippen LogP contribution is 2.19. The molecule has 2 rings (SSSR count). The van der Waals surface area contributed by atoms with E-state index in [0.29, 0.717) is 11.8 Å².